The maximum Gasteiger partial charge on any atom is 0.244 e. The average Bonchev–Trinajstić information content (AvgIpc) is 3.08. The van der Waals surface area contributed by atoms with E-state index in [1.807, 2.05) is 32.0 Å². The quantitative estimate of drug-likeness (QED) is 0.449. The molecule has 3 aromatic carbocycles. The van der Waals surface area contributed by atoms with Gasteiger partial charge in [-0.05, 0) is 60.9 Å². The molecule has 7 heteroatoms. The molecule has 0 fully saturated rings. The van der Waals surface area contributed by atoms with Crippen molar-refractivity contribution in [3.63, 3.8) is 0 Å². The summed E-state index contributed by atoms with van der Waals surface area (Å²) in [6.07, 6.45) is 1.50. The lowest BCUT2D eigenvalue weighted by Crippen LogP contribution is -2.18. The molecule has 5 nitrogen and oxygen atoms in total. The number of aromatic nitrogens is 1. The molecule has 0 saturated carbocycles. The molecule has 0 radical (unpaired) electrons. The van der Waals surface area contributed by atoms with Crippen molar-refractivity contribution in [1.82, 2.24) is 4.57 Å². The van der Waals surface area contributed by atoms with Gasteiger partial charge in [-0.3, -0.25) is 4.79 Å². The van der Waals surface area contributed by atoms with Crippen molar-refractivity contribution in [2.45, 2.75) is 31.0 Å². The third-order valence-electron chi connectivity index (χ3n) is 5.18. The number of sulfone groups is 1. The van der Waals surface area contributed by atoms with E-state index in [1.54, 1.807) is 28.8 Å². The minimum absolute atomic E-state index is 0.0282. The second kappa shape index (κ2) is 8.59. The number of aryl methyl sites for hydroxylation is 2. The average molecular weight is 451 g/mol. The molecular formula is C25H23FN2O3S. The number of amides is 1. The number of rotatable bonds is 6. The summed E-state index contributed by atoms with van der Waals surface area (Å²) in [5.41, 5.74) is 3.94. The Morgan fingerprint density at radius 1 is 0.969 bits per heavy atom. The highest BCUT2D eigenvalue weighted by Gasteiger charge is 2.22. The molecule has 1 amide bonds. The summed E-state index contributed by atoms with van der Waals surface area (Å²) in [5, 5.41) is 3.43. The van der Waals surface area contributed by atoms with Gasteiger partial charge in [0, 0.05) is 22.8 Å². The lowest BCUT2D eigenvalue weighted by Gasteiger charge is -2.09. The third kappa shape index (κ3) is 4.73. The van der Waals surface area contributed by atoms with Gasteiger partial charge in [-0.15, -0.1) is 0 Å². The number of anilines is 1. The standard InChI is InChI=1S/C25H23FN2O3S/c1-17-11-18(2)13-21(12-17)27-25(29)15-28-14-24(22-5-3-4-6-23(22)28)32(30,31)16-19-7-9-20(26)10-8-19/h3-14H,15-16H2,1-2H3,(H,27,29). The minimum Gasteiger partial charge on any atom is -0.337 e. The molecule has 0 spiro atoms. The predicted octanol–water partition coefficient (Wildman–Crippen LogP) is 5.01. The lowest BCUT2D eigenvalue weighted by atomic mass is 10.1. The van der Waals surface area contributed by atoms with E-state index >= 15 is 0 Å². The molecular weight excluding hydrogens is 427 g/mol. The lowest BCUT2D eigenvalue weighted by molar-refractivity contribution is -0.116. The summed E-state index contributed by atoms with van der Waals surface area (Å²) in [5.74, 6) is -0.924. The van der Waals surface area contributed by atoms with E-state index in [9.17, 15) is 17.6 Å². The zero-order valence-electron chi connectivity index (χ0n) is 17.8. The Morgan fingerprint density at radius 3 is 2.31 bits per heavy atom. The van der Waals surface area contributed by atoms with E-state index < -0.39 is 15.7 Å². The van der Waals surface area contributed by atoms with Gasteiger partial charge < -0.3 is 9.88 Å². The van der Waals surface area contributed by atoms with Crippen molar-refractivity contribution in [2.24, 2.45) is 0 Å². The molecule has 4 rings (SSSR count). The van der Waals surface area contributed by atoms with Crippen molar-refractivity contribution in [3.05, 3.63) is 95.4 Å². The Labute approximate surface area is 186 Å². The minimum atomic E-state index is -3.71. The number of carbonyl (C=O) groups excluding carboxylic acids is 1. The molecule has 164 valence electrons. The molecule has 4 aromatic rings. The molecule has 0 saturated heterocycles. The topological polar surface area (TPSA) is 68.2 Å². The van der Waals surface area contributed by atoms with E-state index in [4.69, 9.17) is 0 Å². The molecule has 0 aliphatic rings. The van der Waals surface area contributed by atoms with Crippen LogP contribution in [0.15, 0.2) is 77.8 Å². The molecule has 32 heavy (non-hydrogen) atoms. The maximum atomic E-state index is 13.2. The molecule has 0 aliphatic heterocycles. The van der Waals surface area contributed by atoms with Crippen LogP contribution in [0.25, 0.3) is 10.9 Å². The summed E-state index contributed by atoms with van der Waals surface area (Å²) in [6.45, 7) is 3.89. The number of carbonyl (C=O) groups is 1. The molecule has 1 heterocycles. The first-order valence-electron chi connectivity index (χ1n) is 10.1. The van der Waals surface area contributed by atoms with Crippen LogP contribution in [0.5, 0.6) is 0 Å². The Morgan fingerprint density at radius 2 is 1.62 bits per heavy atom. The predicted molar refractivity (Wildman–Crippen MR) is 124 cm³/mol. The molecule has 0 unspecified atom stereocenters. The molecule has 0 atom stereocenters. The highest BCUT2D eigenvalue weighted by Crippen LogP contribution is 2.28. The molecule has 0 aliphatic carbocycles. The van der Waals surface area contributed by atoms with Crippen LogP contribution in [0.3, 0.4) is 0 Å². The number of nitrogens with zero attached hydrogens (tertiary/aromatic N) is 1. The van der Waals surface area contributed by atoms with E-state index in [2.05, 4.69) is 5.32 Å². The van der Waals surface area contributed by atoms with Gasteiger partial charge in [0.1, 0.15) is 12.4 Å². The van der Waals surface area contributed by atoms with Crippen LogP contribution in [0, 0.1) is 19.7 Å². The number of halogens is 1. The fraction of sp³-hybridized carbons (Fsp3) is 0.160. The van der Waals surface area contributed by atoms with Crippen LogP contribution in [-0.2, 0) is 26.9 Å². The summed E-state index contributed by atoms with van der Waals surface area (Å²) in [7, 11) is -3.71. The van der Waals surface area contributed by atoms with E-state index in [-0.39, 0.29) is 23.1 Å². The Bertz CT molecular complexity index is 1390. The fourth-order valence-electron chi connectivity index (χ4n) is 3.87. The molecule has 1 N–H and O–H groups in total. The van der Waals surface area contributed by atoms with Crippen LogP contribution in [0.4, 0.5) is 10.1 Å². The number of hydrogen-bond acceptors (Lipinski definition) is 3. The maximum absolute atomic E-state index is 13.2. The van der Waals surface area contributed by atoms with Crippen LogP contribution in [0.2, 0.25) is 0 Å². The Kier molecular flexibility index (Phi) is 5.84. The van der Waals surface area contributed by atoms with Gasteiger partial charge in [-0.2, -0.15) is 0 Å². The van der Waals surface area contributed by atoms with Gasteiger partial charge in [-0.25, -0.2) is 12.8 Å². The summed E-state index contributed by atoms with van der Waals surface area (Å²) < 4.78 is 41.1. The zero-order valence-corrected chi connectivity index (χ0v) is 18.6. The van der Waals surface area contributed by atoms with Gasteiger partial charge in [-0.1, -0.05) is 36.4 Å². The first-order chi connectivity index (χ1) is 15.2. The van der Waals surface area contributed by atoms with Gasteiger partial charge in [0.15, 0.2) is 9.84 Å². The Hall–Kier alpha value is -3.45. The van der Waals surface area contributed by atoms with E-state index in [1.165, 1.54) is 30.5 Å². The number of para-hydroxylation sites is 1. The van der Waals surface area contributed by atoms with Crippen LogP contribution in [-0.4, -0.2) is 18.9 Å². The van der Waals surface area contributed by atoms with Crippen molar-refractivity contribution in [2.75, 3.05) is 5.32 Å². The second-order valence-corrected chi connectivity index (χ2v) is 9.91. The van der Waals surface area contributed by atoms with Crippen LogP contribution >= 0.6 is 0 Å². The van der Waals surface area contributed by atoms with Gasteiger partial charge in [0.05, 0.1) is 10.6 Å². The SMILES string of the molecule is Cc1cc(C)cc(NC(=O)Cn2cc(S(=O)(=O)Cc3ccc(F)cc3)c3ccccc32)c1. The van der Waals surface area contributed by atoms with E-state index in [0.29, 0.717) is 22.2 Å². The van der Waals surface area contributed by atoms with Gasteiger partial charge >= 0.3 is 0 Å². The largest absolute Gasteiger partial charge is 0.337 e. The van der Waals surface area contributed by atoms with Crippen molar-refractivity contribution in [3.8, 4) is 0 Å². The highest BCUT2D eigenvalue weighted by molar-refractivity contribution is 7.90. The van der Waals surface area contributed by atoms with Gasteiger partial charge in [0.2, 0.25) is 5.91 Å². The summed E-state index contributed by atoms with van der Waals surface area (Å²) in [6, 6.07) is 18.3. The van der Waals surface area contributed by atoms with Gasteiger partial charge in [0.25, 0.3) is 0 Å². The number of fused-ring (bicyclic) bond motifs is 1. The van der Waals surface area contributed by atoms with Crippen molar-refractivity contribution >= 4 is 32.3 Å². The third-order valence-corrected chi connectivity index (χ3v) is 6.89. The second-order valence-electron chi connectivity index (χ2n) is 7.95. The van der Waals surface area contributed by atoms with Crippen molar-refractivity contribution in [1.29, 1.82) is 0 Å². The number of benzene rings is 3. The molecule has 0 bridgehead atoms. The Balaban J connectivity index is 1.63. The normalized spacial score (nSPS) is 11.6. The fourth-order valence-corrected chi connectivity index (χ4v) is 5.45. The van der Waals surface area contributed by atoms with E-state index in [0.717, 1.165) is 11.1 Å². The highest BCUT2D eigenvalue weighted by atomic mass is 32.2. The number of hydrogen-bond donors (Lipinski definition) is 1. The number of nitrogens with one attached hydrogen (secondary N) is 1. The van der Waals surface area contributed by atoms with Crippen molar-refractivity contribution < 1.29 is 17.6 Å². The van der Waals surface area contributed by atoms with Crippen LogP contribution < -0.4 is 5.32 Å². The van der Waals surface area contributed by atoms with Crippen LogP contribution in [0.1, 0.15) is 16.7 Å². The monoisotopic (exact) mass is 450 g/mol. The smallest absolute Gasteiger partial charge is 0.244 e. The first kappa shape index (κ1) is 21.8. The zero-order chi connectivity index (χ0) is 22.9. The first-order valence-corrected chi connectivity index (χ1v) is 11.8. The summed E-state index contributed by atoms with van der Waals surface area (Å²) in [4.78, 5) is 12.9. The summed E-state index contributed by atoms with van der Waals surface area (Å²) >= 11 is 0. The molecule has 1 aromatic heterocycles.